The Bertz CT molecular complexity index is 1260. The lowest BCUT2D eigenvalue weighted by atomic mass is 9.52. The summed E-state index contributed by atoms with van der Waals surface area (Å²) in [7, 11) is 0. The molecule has 3 aromatic rings. The molecule has 0 spiro atoms. The zero-order chi connectivity index (χ0) is 23.6. The number of rotatable bonds is 5. The third-order valence-electron chi connectivity index (χ3n) is 8.67. The molecule has 5 fully saturated rings. The third kappa shape index (κ3) is 4.69. The van der Waals surface area contributed by atoms with E-state index in [0.29, 0.717) is 23.3 Å². The van der Waals surface area contributed by atoms with Crippen molar-refractivity contribution in [3.05, 3.63) is 24.3 Å². The van der Waals surface area contributed by atoms with Crippen LogP contribution in [0, 0.1) is 17.8 Å². The average Bonchev–Trinajstić information content (AvgIpc) is 3.51. The number of piperidine rings is 1. The van der Waals surface area contributed by atoms with Gasteiger partial charge < -0.3 is 30.6 Å². The quantitative estimate of drug-likeness (QED) is 0.326. The summed E-state index contributed by atoms with van der Waals surface area (Å²) in [4.78, 5) is 24.9. The van der Waals surface area contributed by atoms with Gasteiger partial charge >= 0.3 is 0 Å². The first-order chi connectivity index (χ1) is 17.0. The summed E-state index contributed by atoms with van der Waals surface area (Å²) in [5.74, 6) is 1.52. The Morgan fingerprint density at radius 3 is 2.62 bits per heavy atom. The molecule has 4 bridgehead atoms. The van der Waals surface area contributed by atoms with Crippen LogP contribution in [0.5, 0.6) is 0 Å². The molecule has 12 heteroatoms. The van der Waals surface area contributed by atoms with E-state index in [1.54, 1.807) is 6.20 Å². The molecule has 1 amide bonds. The molecule has 5 aliphatic rings. The van der Waals surface area contributed by atoms with Crippen LogP contribution in [0.15, 0.2) is 23.0 Å². The van der Waals surface area contributed by atoms with Crippen molar-refractivity contribution in [1.82, 2.24) is 30.7 Å². The summed E-state index contributed by atoms with van der Waals surface area (Å²) in [6, 6.07) is 2.39. The molecule has 8 rings (SSSR count). The Hall–Kier alpha value is -2.40. The van der Waals surface area contributed by atoms with Gasteiger partial charge in [0.15, 0.2) is 0 Å². The van der Waals surface area contributed by atoms with Gasteiger partial charge in [-0.15, -0.1) is 24.8 Å². The lowest BCUT2D eigenvalue weighted by molar-refractivity contribution is -0.129. The van der Waals surface area contributed by atoms with Gasteiger partial charge in [0.1, 0.15) is 5.65 Å². The molecule has 37 heavy (non-hydrogen) atoms. The number of fused-ring (bicyclic) bond motifs is 1. The molecule has 4 heterocycles. The highest BCUT2D eigenvalue weighted by Crippen LogP contribution is 2.56. The lowest BCUT2D eigenvalue weighted by Gasteiger charge is -2.58. The van der Waals surface area contributed by atoms with Crippen molar-refractivity contribution < 1.29 is 14.4 Å². The van der Waals surface area contributed by atoms with Gasteiger partial charge in [0.05, 0.1) is 16.9 Å². The number of carbonyl (C=O) groups is 1. The van der Waals surface area contributed by atoms with Crippen LogP contribution in [0.1, 0.15) is 55.6 Å². The fourth-order valence-electron chi connectivity index (χ4n) is 7.35. The predicted octanol–water partition coefficient (Wildman–Crippen LogP) is 3.29. The Morgan fingerprint density at radius 2 is 1.89 bits per heavy atom. The maximum absolute atomic E-state index is 12.8. The average molecular weight is 550 g/mol. The van der Waals surface area contributed by atoms with Gasteiger partial charge in [-0.2, -0.15) is 4.98 Å². The smallest absolute Gasteiger partial charge is 0.292 e. The van der Waals surface area contributed by atoms with Crippen LogP contribution in [0.4, 0.5) is 5.69 Å². The summed E-state index contributed by atoms with van der Waals surface area (Å²) in [6.45, 7) is 1.78. The van der Waals surface area contributed by atoms with E-state index < -0.39 is 5.60 Å². The van der Waals surface area contributed by atoms with E-state index in [9.17, 15) is 9.90 Å². The number of carbonyl (C=O) groups excluding carboxylic acids is 1. The number of aromatic nitrogens is 4. The second kappa shape index (κ2) is 10.1. The van der Waals surface area contributed by atoms with Crippen LogP contribution < -0.4 is 16.0 Å². The number of nitrogens with one attached hydrogen (secondary N) is 4. The second-order valence-corrected chi connectivity index (χ2v) is 11.1. The predicted molar refractivity (Wildman–Crippen MR) is 143 cm³/mol. The first kappa shape index (κ1) is 26.2. The number of nitrogens with zero attached hydrogens (tertiary/aromatic N) is 3. The Balaban J connectivity index is 0.00000140. The number of hydrogen-bond donors (Lipinski definition) is 5. The lowest BCUT2D eigenvalue weighted by Crippen LogP contribution is -2.59. The van der Waals surface area contributed by atoms with Gasteiger partial charge in [0.2, 0.25) is 0 Å². The number of aromatic amines is 1. The van der Waals surface area contributed by atoms with Crippen molar-refractivity contribution in [3.8, 4) is 11.5 Å². The molecule has 5 N–H and O–H groups in total. The summed E-state index contributed by atoms with van der Waals surface area (Å²) in [5, 5.41) is 26.1. The van der Waals surface area contributed by atoms with Gasteiger partial charge in [-0.05, 0) is 81.9 Å². The zero-order valence-electron chi connectivity index (χ0n) is 20.4. The number of anilines is 1. The number of H-pyrrole nitrogens is 1. The van der Waals surface area contributed by atoms with E-state index in [1.165, 1.54) is 0 Å². The summed E-state index contributed by atoms with van der Waals surface area (Å²) >= 11 is 0. The number of halogens is 2. The monoisotopic (exact) mass is 549 g/mol. The minimum atomic E-state index is -0.484. The number of aliphatic hydroxyl groups is 1. The fourth-order valence-corrected chi connectivity index (χ4v) is 7.35. The SMILES string of the molecule is Cl.Cl.O=C(NC1CCNCC1)c1noc(-c2cnc3[nH]ccc3c2N[C@H]2[C@@H]3CC4C[C@H]2C[C@@](O)(C4)C3)n1. The summed E-state index contributed by atoms with van der Waals surface area (Å²) in [5.41, 5.74) is 1.89. The van der Waals surface area contributed by atoms with E-state index in [0.717, 1.165) is 74.8 Å². The number of hydrogen-bond acceptors (Lipinski definition) is 8. The van der Waals surface area contributed by atoms with E-state index in [-0.39, 0.29) is 54.5 Å². The first-order valence-corrected chi connectivity index (χ1v) is 12.9. The second-order valence-electron chi connectivity index (χ2n) is 11.1. The molecule has 0 aromatic carbocycles. The summed E-state index contributed by atoms with van der Waals surface area (Å²) in [6.07, 6.45) is 10.4. The standard InChI is InChI=1S/C25H31N7O3.2ClH/c33-23(29-16-1-4-26-5-2-16)22-31-24(35-32-22)18-12-28-21-17(3-6-27-21)20(18)30-19-14-7-13-8-15(19)11-25(34,9-13)10-14;;/h3,6,12-16,19,26,34H,1-2,4-5,7-11H2,(H,29,33)(H2,27,28,30);2*1H/t13?,14-,15+,19+,25-;;. The van der Waals surface area contributed by atoms with Crippen LogP contribution in [-0.4, -0.2) is 61.9 Å². The van der Waals surface area contributed by atoms with Crippen LogP contribution in [-0.2, 0) is 0 Å². The van der Waals surface area contributed by atoms with Gasteiger partial charge in [0, 0.05) is 29.9 Å². The van der Waals surface area contributed by atoms with Crippen molar-refractivity contribution in [1.29, 1.82) is 0 Å². The molecular formula is C25H33Cl2N7O3. The largest absolute Gasteiger partial charge is 0.390 e. The molecule has 1 saturated heterocycles. The van der Waals surface area contributed by atoms with Crippen molar-refractivity contribution in [2.24, 2.45) is 17.8 Å². The van der Waals surface area contributed by atoms with Crippen molar-refractivity contribution in [3.63, 3.8) is 0 Å². The molecule has 10 nitrogen and oxygen atoms in total. The topological polar surface area (TPSA) is 141 Å². The van der Waals surface area contributed by atoms with Gasteiger partial charge in [0.25, 0.3) is 17.6 Å². The molecule has 1 aliphatic heterocycles. The highest BCUT2D eigenvalue weighted by Gasteiger charge is 2.54. The Labute approximate surface area is 227 Å². The zero-order valence-corrected chi connectivity index (χ0v) is 22.0. The number of amides is 1. The maximum atomic E-state index is 12.8. The van der Waals surface area contributed by atoms with Gasteiger partial charge in [-0.25, -0.2) is 4.98 Å². The number of pyridine rings is 1. The molecular weight excluding hydrogens is 517 g/mol. The molecule has 4 aliphatic carbocycles. The fraction of sp³-hybridized carbons (Fsp3) is 0.600. The first-order valence-electron chi connectivity index (χ1n) is 12.9. The van der Waals surface area contributed by atoms with Gasteiger partial charge in [-0.1, -0.05) is 5.16 Å². The van der Waals surface area contributed by atoms with Crippen molar-refractivity contribution >= 4 is 47.4 Å². The van der Waals surface area contributed by atoms with Crippen LogP contribution in [0.2, 0.25) is 0 Å². The van der Waals surface area contributed by atoms with Crippen LogP contribution in [0.3, 0.4) is 0 Å². The molecule has 1 unspecified atom stereocenters. The summed E-state index contributed by atoms with van der Waals surface area (Å²) < 4.78 is 5.59. The van der Waals surface area contributed by atoms with Crippen LogP contribution >= 0.6 is 24.8 Å². The van der Waals surface area contributed by atoms with E-state index in [1.807, 2.05) is 12.3 Å². The maximum Gasteiger partial charge on any atom is 0.292 e. The minimum Gasteiger partial charge on any atom is -0.390 e. The highest BCUT2D eigenvalue weighted by atomic mass is 35.5. The molecule has 4 saturated carbocycles. The minimum absolute atomic E-state index is 0. The van der Waals surface area contributed by atoms with Crippen molar-refractivity contribution in [2.45, 2.75) is 62.6 Å². The van der Waals surface area contributed by atoms with Crippen LogP contribution in [0.25, 0.3) is 22.5 Å². The third-order valence-corrected chi connectivity index (χ3v) is 8.67. The van der Waals surface area contributed by atoms with Gasteiger partial charge in [-0.3, -0.25) is 4.79 Å². The molecule has 0 radical (unpaired) electrons. The Kier molecular flexibility index (Phi) is 7.12. The van der Waals surface area contributed by atoms with Crippen molar-refractivity contribution in [2.75, 3.05) is 18.4 Å². The van der Waals surface area contributed by atoms with E-state index >= 15 is 0 Å². The van der Waals surface area contributed by atoms with E-state index in [4.69, 9.17) is 4.52 Å². The molecule has 5 atom stereocenters. The van der Waals surface area contributed by atoms with E-state index in [2.05, 4.69) is 36.1 Å². The normalized spacial score (nSPS) is 30.5. The Morgan fingerprint density at radius 1 is 1.14 bits per heavy atom. The molecule has 200 valence electrons. The molecule has 3 aromatic heterocycles. The highest BCUT2D eigenvalue weighted by molar-refractivity contribution is 5.97.